The van der Waals surface area contributed by atoms with Gasteiger partial charge in [-0.3, -0.25) is 4.79 Å². The zero-order valence-electron chi connectivity index (χ0n) is 22.8. The molecule has 0 amide bonds. The summed E-state index contributed by atoms with van der Waals surface area (Å²) in [5.41, 5.74) is -0.844. The van der Waals surface area contributed by atoms with Crippen LogP contribution >= 0.6 is 0 Å². The Kier molecular flexibility index (Phi) is 8.97. The van der Waals surface area contributed by atoms with Gasteiger partial charge in [0.2, 0.25) is 5.95 Å². The number of anilines is 1. The second-order valence-corrected chi connectivity index (χ2v) is 9.75. The molecule has 2 heterocycles. The number of aryl methyl sites for hydroxylation is 2. The third kappa shape index (κ3) is 7.31. The van der Waals surface area contributed by atoms with Crippen molar-refractivity contribution >= 4 is 22.8 Å². The summed E-state index contributed by atoms with van der Waals surface area (Å²) in [6, 6.07) is 6.85. The van der Waals surface area contributed by atoms with E-state index in [2.05, 4.69) is 9.97 Å². The second-order valence-electron chi connectivity index (χ2n) is 9.75. The van der Waals surface area contributed by atoms with Crippen molar-refractivity contribution in [2.24, 2.45) is 7.05 Å². The molecule has 4 aromatic rings. The first-order chi connectivity index (χ1) is 19.8. The van der Waals surface area contributed by atoms with Crippen LogP contribution in [0.25, 0.3) is 10.9 Å². The molecule has 7 nitrogen and oxygen atoms in total. The number of ether oxygens (including phenoxy) is 1. The van der Waals surface area contributed by atoms with Gasteiger partial charge in [-0.05, 0) is 59.9 Å². The summed E-state index contributed by atoms with van der Waals surface area (Å²) in [4.78, 5) is 21.2. The average molecular weight is 595 g/mol. The van der Waals surface area contributed by atoms with Crippen molar-refractivity contribution in [3.8, 4) is 5.75 Å². The first-order valence-electron chi connectivity index (χ1n) is 13.0. The van der Waals surface area contributed by atoms with E-state index in [0.29, 0.717) is 30.2 Å². The summed E-state index contributed by atoms with van der Waals surface area (Å²) in [6.07, 6.45) is -4.29. The number of fused-ring (bicyclic) bond motifs is 1. The number of alkyl halides is 6. The Morgan fingerprint density at radius 3 is 2.33 bits per heavy atom. The van der Waals surface area contributed by atoms with Gasteiger partial charge in [0.25, 0.3) is 0 Å². The molecule has 0 saturated carbocycles. The van der Waals surface area contributed by atoms with Gasteiger partial charge < -0.3 is 19.3 Å². The number of aromatic nitrogens is 3. The van der Waals surface area contributed by atoms with Crippen LogP contribution in [0.4, 0.5) is 32.3 Å². The van der Waals surface area contributed by atoms with Crippen LogP contribution in [0, 0.1) is 0 Å². The molecule has 42 heavy (non-hydrogen) atoms. The van der Waals surface area contributed by atoms with Crippen molar-refractivity contribution in [3.63, 3.8) is 0 Å². The zero-order valence-corrected chi connectivity index (χ0v) is 22.8. The topological polar surface area (TPSA) is 80.5 Å². The predicted molar refractivity (Wildman–Crippen MR) is 143 cm³/mol. The fraction of sp³-hybridized carbons (Fsp3) is 0.345. The fourth-order valence-electron chi connectivity index (χ4n) is 4.60. The maximum Gasteiger partial charge on any atom is 0.416 e. The Labute approximate surface area is 237 Å². The minimum Gasteiger partial charge on any atom is -0.494 e. The van der Waals surface area contributed by atoms with Crippen LogP contribution in [0.1, 0.15) is 41.2 Å². The standard InChI is InChI=1S/C29H28F6N4O3/c1-3-18-14-36-27(37-15-18)39(17-19-5-6-21(28(30,31)32)12-24(19)29(33,34)35)9-4-10-42-22-7-8-25-23(13-22)20(11-26(40)41)16-38(25)2/h5-8,12-16H,3-4,9-11,17H2,1-2H3,(H,40,41). The molecule has 13 heteroatoms. The number of carboxylic acids is 1. The number of hydrogen-bond acceptors (Lipinski definition) is 5. The van der Waals surface area contributed by atoms with Gasteiger partial charge in [-0.15, -0.1) is 0 Å². The predicted octanol–water partition coefficient (Wildman–Crippen LogP) is 6.67. The lowest BCUT2D eigenvalue weighted by molar-refractivity contribution is -0.143. The van der Waals surface area contributed by atoms with Crippen molar-refractivity contribution in [2.45, 2.75) is 45.1 Å². The molecule has 0 radical (unpaired) electrons. The highest BCUT2D eigenvalue weighted by molar-refractivity contribution is 5.88. The minimum atomic E-state index is -5.01. The number of benzene rings is 2. The molecule has 0 bridgehead atoms. The van der Waals surface area contributed by atoms with E-state index in [1.807, 2.05) is 11.5 Å². The van der Waals surface area contributed by atoms with Crippen LogP contribution in [0.3, 0.4) is 0 Å². The largest absolute Gasteiger partial charge is 0.494 e. The van der Waals surface area contributed by atoms with Gasteiger partial charge >= 0.3 is 18.3 Å². The van der Waals surface area contributed by atoms with Crippen LogP contribution in [0.15, 0.2) is 55.0 Å². The molecular weight excluding hydrogens is 566 g/mol. The molecule has 0 atom stereocenters. The molecule has 0 aliphatic heterocycles. The lowest BCUT2D eigenvalue weighted by atomic mass is 10.0. The molecule has 0 spiro atoms. The number of carbonyl (C=O) groups is 1. The maximum atomic E-state index is 13.8. The molecule has 0 aliphatic rings. The third-order valence-electron chi connectivity index (χ3n) is 6.71. The van der Waals surface area contributed by atoms with E-state index >= 15 is 0 Å². The van der Waals surface area contributed by atoms with Crippen LogP contribution in [0.2, 0.25) is 0 Å². The number of hydrogen-bond donors (Lipinski definition) is 1. The van der Waals surface area contributed by atoms with Crippen LogP contribution in [-0.4, -0.2) is 38.8 Å². The number of nitrogens with zero attached hydrogens (tertiary/aromatic N) is 4. The lowest BCUT2D eigenvalue weighted by Gasteiger charge is -2.25. The average Bonchev–Trinajstić information content (AvgIpc) is 3.23. The van der Waals surface area contributed by atoms with Crippen LogP contribution < -0.4 is 9.64 Å². The highest BCUT2D eigenvalue weighted by Crippen LogP contribution is 2.38. The summed E-state index contributed by atoms with van der Waals surface area (Å²) < 4.78 is 88.6. The Morgan fingerprint density at radius 1 is 1.00 bits per heavy atom. The fourth-order valence-corrected chi connectivity index (χ4v) is 4.60. The zero-order chi connectivity index (χ0) is 30.7. The van der Waals surface area contributed by atoms with Crippen molar-refractivity contribution < 1.29 is 41.0 Å². The van der Waals surface area contributed by atoms with E-state index in [9.17, 15) is 36.2 Å². The van der Waals surface area contributed by atoms with Gasteiger partial charge in [-0.2, -0.15) is 26.3 Å². The molecule has 0 saturated heterocycles. The molecule has 0 unspecified atom stereocenters. The number of aliphatic carboxylic acids is 1. The lowest BCUT2D eigenvalue weighted by Crippen LogP contribution is -2.28. The normalized spacial score (nSPS) is 12.1. The quantitative estimate of drug-likeness (QED) is 0.154. The first kappa shape index (κ1) is 30.7. The van der Waals surface area contributed by atoms with E-state index in [4.69, 9.17) is 4.74 Å². The first-order valence-corrected chi connectivity index (χ1v) is 13.0. The SMILES string of the molecule is CCc1cnc(N(CCCOc2ccc3c(c2)c(CC(=O)O)cn3C)Cc2ccc(C(F)(F)F)cc2C(F)(F)F)nc1. The van der Waals surface area contributed by atoms with Crippen molar-refractivity contribution in [2.75, 3.05) is 18.1 Å². The third-order valence-corrected chi connectivity index (χ3v) is 6.71. The molecule has 0 aliphatic carbocycles. The Balaban J connectivity index is 1.53. The van der Waals surface area contributed by atoms with Gasteiger partial charge in [0, 0.05) is 49.6 Å². The molecular formula is C29H28F6N4O3. The summed E-state index contributed by atoms with van der Waals surface area (Å²) in [7, 11) is 1.80. The van der Waals surface area contributed by atoms with Crippen molar-refractivity contribution in [1.29, 1.82) is 0 Å². The summed E-state index contributed by atoms with van der Waals surface area (Å²) in [5.74, 6) is -0.355. The van der Waals surface area contributed by atoms with Gasteiger partial charge in [-0.1, -0.05) is 13.0 Å². The van der Waals surface area contributed by atoms with Gasteiger partial charge in [-0.25, -0.2) is 9.97 Å². The van der Waals surface area contributed by atoms with Gasteiger partial charge in [0.15, 0.2) is 0 Å². The highest BCUT2D eigenvalue weighted by Gasteiger charge is 2.38. The monoisotopic (exact) mass is 594 g/mol. The number of halogens is 6. The highest BCUT2D eigenvalue weighted by atomic mass is 19.4. The molecule has 224 valence electrons. The smallest absolute Gasteiger partial charge is 0.416 e. The van der Waals surface area contributed by atoms with E-state index in [0.717, 1.165) is 22.5 Å². The molecule has 2 aromatic carbocycles. The summed E-state index contributed by atoms with van der Waals surface area (Å²) >= 11 is 0. The van der Waals surface area contributed by atoms with Crippen molar-refractivity contribution in [1.82, 2.24) is 14.5 Å². The molecule has 0 fully saturated rings. The number of carboxylic acid groups (broad SMARTS) is 1. The van der Waals surface area contributed by atoms with E-state index in [-0.39, 0.29) is 43.7 Å². The van der Waals surface area contributed by atoms with E-state index in [1.54, 1.807) is 43.8 Å². The van der Waals surface area contributed by atoms with Gasteiger partial charge in [0.1, 0.15) is 5.75 Å². The number of rotatable bonds is 11. The van der Waals surface area contributed by atoms with Crippen LogP contribution in [-0.2, 0) is 43.6 Å². The molecule has 1 N–H and O–H groups in total. The Morgan fingerprint density at radius 2 is 1.71 bits per heavy atom. The summed E-state index contributed by atoms with van der Waals surface area (Å²) in [6.45, 7) is 1.80. The van der Waals surface area contributed by atoms with Gasteiger partial charge in [0.05, 0.1) is 24.2 Å². The van der Waals surface area contributed by atoms with E-state index < -0.39 is 29.4 Å². The second kappa shape index (κ2) is 12.3. The summed E-state index contributed by atoms with van der Waals surface area (Å²) in [5, 5.41) is 9.93. The maximum absolute atomic E-state index is 13.8. The van der Waals surface area contributed by atoms with E-state index in [1.165, 1.54) is 4.90 Å². The van der Waals surface area contributed by atoms with Crippen LogP contribution in [0.5, 0.6) is 5.75 Å². The molecule has 4 rings (SSSR count). The Hall–Kier alpha value is -4.29. The Bertz CT molecular complexity index is 1550. The minimum absolute atomic E-state index is 0.121. The van der Waals surface area contributed by atoms with Crippen molar-refractivity contribution in [3.05, 3.63) is 82.8 Å². The molecule has 2 aromatic heterocycles.